The topological polar surface area (TPSA) is 53.1 Å². The van der Waals surface area contributed by atoms with Gasteiger partial charge in [0.25, 0.3) is 0 Å². The highest BCUT2D eigenvalue weighted by Crippen LogP contribution is 2.34. The fourth-order valence-electron chi connectivity index (χ4n) is 3.01. The van der Waals surface area contributed by atoms with Gasteiger partial charge >= 0.3 is 0 Å². The van der Waals surface area contributed by atoms with Gasteiger partial charge in [-0.25, -0.2) is 4.98 Å². The molecule has 1 aliphatic rings. The summed E-state index contributed by atoms with van der Waals surface area (Å²) in [5, 5.41) is 6.81. The molecule has 0 unspecified atom stereocenters. The minimum absolute atomic E-state index is 0.272. The van der Waals surface area contributed by atoms with Crippen LogP contribution in [0.15, 0.2) is 6.20 Å². The lowest BCUT2D eigenvalue weighted by atomic mass is 9.96. The number of hydrogen-bond donors (Lipinski definition) is 2. The molecule has 0 bridgehead atoms. The summed E-state index contributed by atoms with van der Waals surface area (Å²) in [5.41, 5.74) is 1.37. The van der Waals surface area contributed by atoms with E-state index in [1.165, 1.54) is 25.7 Å². The van der Waals surface area contributed by atoms with Gasteiger partial charge in [0.2, 0.25) is 5.95 Å². The Labute approximate surface area is 128 Å². The normalized spacial score (nSPS) is 17.2. The first-order chi connectivity index (χ1) is 10.1. The molecule has 0 aromatic carbocycles. The summed E-state index contributed by atoms with van der Waals surface area (Å²) in [6.07, 6.45) is 8.14. The molecule has 1 saturated carbocycles. The van der Waals surface area contributed by atoms with Gasteiger partial charge in [-0.1, -0.05) is 19.8 Å². The first-order valence-electron chi connectivity index (χ1n) is 8.06. The lowest BCUT2D eigenvalue weighted by Gasteiger charge is -2.36. The minimum Gasteiger partial charge on any atom is -0.368 e. The van der Waals surface area contributed by atoms with Crippen LogP contribution in [0.1, 0.15) is 44.6 Å². The molecule has 0 atom stereocenters. The van der Waals surface area contributed by atoms with Gasteiger partial charge in [0.15, 0.2) is 0 Å². The van der Waals surface area contributed by atoms with Crippen molar-refractivity contribution in [3.05, 3.63) is 11.8 Å². The molecule has 2 N–H and O–H groups in total. The predicted molar refractivity (Wildman–Crippen MR) is 88.9 cm³/mol. The summed E-state index contributed by atoms with van der Waals surface area (Å²) in [7, 11) is 4.38. The highest BCUT2D eigenvalue weighted by molar-refractivity contribution is 5.46. The van der Waals surface area contributed by atoms with Gasteiger partial charge in [0.1, 0.15) is 5.82 Å². The van der Waals surface area contributed by atoms with E-state index in [9.17, 15) is 0 Å². The molecule has 21 heavy (non-hydrogen) atoms. The maximum absolute atomic E-state index is 4.61. The monoisotopic (exact) mass is 291 g/mol. The van der Waals surface area contributed by atoms with Crippen molar-refractivity contribution in [2.45, 2.75) is 51.5 Å². The van der Waals surface area contributed by atoms with E-state index in [4.69, 9.17) is 0 Å². The van der Waals surface area contributed by atoms with Gasteiger partial charge in [-0.15, -0.1) is 0 Å². The van der Waals surface area contributed by atoms with Crippen LogP contribution in [0.4, 0.5) is 11.8 Å². The third-order valence-corrected chi connectivity index (χ3v) is 4.57. The van der Waals surface area contributed by atoms with Crippen molar-refractivity contribution in [1.82, 2.24) is 14.9 Å². The second kappa shape index (κ2) is 7.07. The fourth-order valence-corrected chi connectivity index (χ4v) is 3.01. The molecular weight excluding hydrogens is 262 g/mol. The van der Waals surface area contributed by atoms with E-state index in [1.54, 1.807) is 0 Å². The third-order valence-electron chi connectivity index (χ3n) is 4.57. The van der Waals surface area contributed by atoms with Crippen LogP contribution >= 0.6 is 0 Å². The van der Waals surface area contributed by atoms with Crippen molar-refractivity contribution in [1.29, 1.82) is 0 Å². The van der Waals surface area contributed by atoms with Crippen molar-refractivity contribution < 1.29 is 0 Å². The first-order valence-corrected chi connectivity index (χ1v) is 8.06. The molecule has 1 fully saturated rings. The van der Waals surface area contributed by atoms with E-state index >= 15 is 0 Å². The lowest BCUT2D eigenvalue weighted by molar-refractivity contribution is 0.172. The molecule has 5 nitrogen and oxygen atoms in total. The molecule has 0 aliphatic heterocycles. The standard InChI is InChI=1S/C16H29N5/c1-5-10-17-15-18-11-13(2)14(20-15)19-12-16(21(3)4)8-6-7-9-16/h11H,5-10,12H2,1-4H3,(H2,17,18,19,20). The van der Waals surface area contributed by atoms with E-state index in [0.29, 0.717) is 0 Å². The van der Waals surface area contributed by atoms with Crippen molar-refractivity contribution in [3.63, 3.8) is 0 Å². The maximum Gasteiger partial charge on any atom is 0.224 e. The lowest BCUT2D eigenvalue weighted by Crippen LogP contribution is -2.47. The van der Waals surface area contributed by atoms with Gasteiger partial charge in [-0.2, -0.15) is 4.98 Å². The van der Waals surface area contributed by atoms with Crippen LogP contribution in [-0.4, -0.2) is 47.6 Å². The Balaban J connectivity index is 2.04. The van der Waals surface area contributed by atoms with Crippen molar-refractivity contribution in [3.8, 4) is 0 Å². The zero-order valence-electron chi connectivity index (χ0n) is 13.9. The van der Waals surface area contributed by atoms with Crippen LogP contribution in [0, 0.1) is 6.92 Å². The highest BCUT2D eigenvalue weighted by atomic mass is 15.2. The zero-order valence-corrected chi connectivity index (χ0v) is 13.9. The van der Waals surface area contributed by atoms with Gasteiger partial charge in [-0.3, -0.25) is 0 Å². The fraction of sp³-hybridized carbons (Fsp3) is 0.750. The molecule has 118 valence electrons. The molecule has 0 amide bonds. The van der Waals surface area contributed by atoms with E-state index in [1.807, 2.05) is 6.20 Å². The SMILES string of the molecule is CCCNc1ncc(C)c(NCC2(N(C)C)CCCC2)n1. The largest absolute Gasteiger partial charge is 0.368 e. The molecule has 5 heteroatoms. The average Bonchev–Trinajstić information content (AvgIpc) is 2.95. The quantitative estimate of drug-likeness (QED) is 0.809. The van der Waals surface area contributed by atoms with Gasteiger partial charge in [0, 0.05) is 30.4 Å². The number of hydrogen-bond acceptors (Lipinski definition) is 5. The number of nitrogens with one attached hydrogen (secondary N) is 2. The number of likely N-dealkylation sites (N-methyl/N-ethyl adjacent to an activating group) is 1. The number of aryl methyl sites for hydroxylation is 1. The minimum atomic E-state index is 0.272. The highest BCUT2D eigenvalue weighted by Gasteiger charge is 2.35. The Hall–Kier alpha value is -1.36. The Morgan fingerprint density at radius 3 is 2.57 bits per heavy atom. The Kier molecular flexibility index (Phi) is 5.39. The Morgan fingerprint density at radius 1 is 1.24 bits per heavy atom. The van der Waals surface area contributed by atoms with Crippen LogP contribution in [0.25, 0.3) is 0 Å². The zero-order chi connectivity index (χ0) is 15.3. The molecule has 1 aromatic heterocycles. The number of nitrogens with zero attached hydrogens (tertiary/aromatic N) is 3. The van der Waals surface area contributed by atoms with Crippen LogP contribution in [-0.2, 0) is 0 Å². The summed E-state index contributed by atoms with van der Waals surface area (Å²) in [4.78, 5) is 11.3. The number of anilines is 2. The molecule has 0 radical (unpaired) electrons. The van der Waals surface area contributed by atoms with Crippen molar-refractivity contribution >= 4 is 11.8 Å². The van der Waals surface area contributed by atoms with Crippen molar-refractivity contribution in [2.24, 2.45) is 0 Å². The summed E-state index contributed by atoms with van der Waals surface area (Å²) in [6, 6.07) is 0. The molecule has 1 aromatic rings. The second-order valence-electron chi connectivity index (χ2n) is 6.33. The van der Waals surface area contributed by atoms with Crippen LogP contribution in [0.5, 0.6) is 0 Å². The smallest absolute Gasteiger partial charge is 0.224 e. The Bertz CT molecular complexity index is 452. The summed E-state index contributed by atoms with van der Waals surface area (Å²) in [5.74, 6) is 1.67. The molecular formula is C16H29N5. The molecule has 0 spiro atoms. The van der Waals surface area contributed by atoms with Crippen molar-refractivity contribution in [2.75, 3.05) is 37.8 Å². The first kappa shape index (κ1) is 16.0. The van der Waals surface area contributed by atoms with Gasteiger partial charge in [-0.05, 0) is 40.3 Å². The molecule has 1 heterocycles. The summed E-state index contributed by atoms with van der Waals surface area (Å²) < 4.78 is 0. The molecule has 2 rings (SSSR count). The number of rotatable bonds is 7. The average molecular weight is 291 g/mol. The second-order valence-corrected chi connectivity index (χ2v) is 6.33. The predicted octanol–water partition coefficient (Wildman–Crippen LogP) is 2.89. The molecule has 1 aliphatic carbocycles. The molecule has 0 saturated heterocycles. The maximum atomic E-state index is 4.61. The van der Waals surface area contributed by atoms with Gasteiger partial charge < -0.3 is 15.5 Å². The van der Waals surface area contributed by atoms with E-state index in [2.05, 4.69) is 53.4 Å². The van der Waals surface area contributed by atoms with E-state index < -0.39 is 0 Å². The summed E-state index contributed by atoms with van der Waals surface area (Å²) in [6.45, 7) is 6.05. The number of aromatic nitrogens is 2. The summed E-state index contributed by atoms with van der Waals surface area (Å²) >= 11 is 0. The van der Waals surface area contributed by atoms with E-state index in [0.717, 1.165) is 36.8 Å². The third kappa shape index (κ3) is 3.84. The van der Waals surface area contributed by atoms with Crippen LogP contribution in [0.3, 0.4) is 0 Å². The Morgan fingerprint density at radius 2 is 1.95 bits per heavy atom. The van der Waals surface area contributed by atoms with Crippen LogP contribution < -0.4 is 10.6 Å². The van der Waals surface area contributed by atoms with Gasteiger partial charge in [0.05, 0.1) is 0 Å². The van der Waals surface area contributed by atoms with E-state index in [-0.39, 0.29) is 5.54 Å². The van der Waals surface area contributed by atoms with Crippen LogP contribution in [0.2, 0.25) is 0 Å².